The summed E-state index contributed by atoms with van der Waals surface area (Å²) in [6.45, 7) is 0.233. The van der Waals surface area contributed by atoms with Crippen LogP contribution in [0.4, 0.5) is 4.39 Å². The van der Waals surface area contributed by atoms with Crippen LogP contribution in [-0.2, 0) is 6.54 Å². The number of nitrogens with one attached hydrogen (secondary N) is 1. The molecule has 0 atom stereocenters. The topological polar surface area (TPSA) is 72.2 Å². The number of rotatable bonds is 4. The highest BCUT2D eigenvalue weighted by atomic mass is 19.1. The quantitative estimate of drug-likeness (QED) is 0.891. The third-order valence-corrected chi connectivity index (χ3v) is 2.75. The van der Waals surface area contributed by atoms with Gasteiger partial charge in [0.05, 0.1) is 0 Å². The van der Waals surface area contributed by atoms with E-state index in [0.29, 0.717) is 5.56 Å². The Hall–Kier alpha value is -2.69. The van der Waals surface area contributed by atoms with Crippen molar-refractivity contribution in [3.8, 4) is 0 Å². The van der Waals surface area contributed by atoms with Crippen LogP contribution in [0.1, 0.15) is 26.3 Å². The second-order valence-electron chi connectivity index (χ2n) is 4.26. The van der Waals surface area contributed by atoms with Crippen molar-refractivity contribution >= 4 is 11.8 Å². The molecular weight excluding hydrogens is 259 g/mol. The molecule has 0 bridgehead atoms. The lowest BCUT2D eigenvalue weighted by molar-refractivity contribution is 0.0949. The molecule has 0 aliphatic heterocycles. The number of carbonyl (C=O) groups is 2. The van der Waals surface area contributed by atoms with Gasteiger partial charge < -0.3 is 11.1 Å². The fraction of sp³-hybridized carbons (Fsp3) is 0.0667. The van der Waals surface area contributed by atoms with Gasteiger partial charge in [-0.2, -0.15) is 0 Å². The Labute approximate surface area is 115 Å². The largest absolute Gasteiger partial charge is 0.366 e. The molecule has 2 amide bonds. The molecule has 102 valence electrons. The van der Waals surface area contributed by atoms with Crippen molar-refractivity contribution < 1.29 is 14.0 Å². The molecular formula is C15H13FN2O2. The lowest BCUT2D eigenvalue weighted by Crippen LogP contribution is -2.23. The Morgan fingerprint density at radius 3 is 2.45 bits per heavy atom. The molecule has 0 aliphatic rings. The normalized spacial score (nSPS) is 10.1. The molecule has 0 saturated heterocycles. The summed E-state index contributed by atoms with van der Waals surface area (Å²) >= 11 is 0. The molecule has 3 N–H and O–H groups in total. The minimum Gasteiger partial charge on any atom is -0.366 e. The highest BCUT2D eigenvalue weighted by molar-refractivity contribution is 5.94. The van der Waals surface area contributed by atoms with Crippen LogP contribution < -0.4 is 11.1 Å². The van der Waals surface area contributed by atoms with Gasteiger partial charge in [-0.05, 0) is 35.9 Å². The molecule has 0 heterocycles. The van der Waals surface area contributed by atoms with Crippen LogP contribution >= 0.6 is 0 Å². The zero-order valence-corrected chi connectivity index (χ0v) is 10.6. The Morgan fingerprint density at radius 2 is 1.75 bits per heavy atom. The van der Waals surface area contributed by atoms with Gasteiger partial charge in [0.2, 0.25) is 5.91 Å². The summed E-state index contributed by atoms with van der Waals surface area (Å²) < 4.78 is 13.0. The number of hydrogen-bond acceptors (Lipinski definition) is 2. The van der Waals surface area contributed by atoms with E-state index in [4.69, 9.17) is 5.73 Å². The Kier molecular flexibility index (Phi) is 4.10. The predicted molar refractivity (Wildman–Crippen MR) is 72.5 cm³/mol. The summed E-state index contributed by atoms with van der Waals surface area (Å²) in [5, 5.41) is 2.65. The number of halogens is 1. The molecule has 0 saturated carbocycles. The van der Waals surface area contributed by atoms with E-state index in [-0.39, 0.29) is 18.0 Å². The zero-order valence-electron chi connectivity index (χ0n) is 10.6. The molecule has 0 unspecified atom stereocenters. The Morgan fingerprint density at radius 1 is 1.05 bits per heavy atom. The van der Waals surface area contributed by atoms with Crippen LogP contribution in [-0.4, -0.2) is 11.8 Å². The number of nitrogens with two attached hydrogens (primary N) is 1. The standard InChI is InChI=1S/C15H13FN2O2/c16-13-6-2-5-12(8-13)15(20)18-9-10-3-1-4-11(7-10)14(17)19/h1-8H,9H2,(H2,17,19)(H,18,20). The highest BCUT2D eigenvalue weighted by Gasteiger charge is 2.07. The average Bonchev–Trinajstić information content (AvgIpc) is 2.45. The van der Waals surface area contributed by atoms with Gasteiger partial charge in [0.25, 0.3) is 5.91 Å². The lowest BCUT2D eigenvalue weighted by atomic mass is 10.1. The van der Waals surface area contributed by atoms with Crippen LogP contribution in [0.25, 0.3) is 0 Å². The second kappa shape index (κ2) is 5.97. The summed E-state index contributed by atoms with van der Waals surface area (Å²) in [6, 6.07) is 12.1. The van der Waals surface area contributed by atoms with Crippen LogP contribution in [0, 0.1) is 5.82 Å². The molecule has 0 radical (unpaired) electrons. The van der Waals surface area contributed by atoms with Gasteiger partial charge in [0.15, 0.2) is 0 Å². The fourth-order valence-electron chi connectivity index (χ4n) is 1.75. The van der Waals surface area contributed by atoms with Gasteiger partial charge >= 0.3 is 0 Å². The van der Waals surface area contributed by atoms with Crippen LogP contribution in [0.2, 0.25) is 0 Å². The first-order chi connectivity index (χ1) is 9.56. The highest BCUT2D eigenvalue weighted by Crippen LogP contribution is 2.06. The van der Waals surface area contributed by atoms with Crippen LogP contribution in [0.3, 0.4) is 0 Å². The number of carbonyl (C=O) groups excluding carboxylic acids is 2. The Balaban J connectivity index is 2.03. The van der Waals surface area contributed by atoms with Crippen molar-refractivity contribution in [1.29, 1.82) is 0 Å². The minimum atomic E-state index is -0.525. The van der Waals surface area contributed by atoms with Gasteiger partial charge in [-0.1, -0.05) is 18.2 Å². The van der Waals surface area contributed by atoms with Crippen LogP contribution in [0.5, 0.6) is 0 Å². The number of primary amides is 1. The van der Waals surface area contributed by atoms with Gasteiger partial charge in [-0.25, -0.2) is 4.39 Å². The van der Waals surface area contributed by atoms with Crippen molar-refractivity contribution in [2.75, 3.05) is 0 Å². The summed E-state index contributed by atoms with van der Waals surface area (Å²) in [5.74, 6) is -1.37. The molecule has 4 nitrogen and oxygen atoms in total. The van der Waals surface area contributed by atoms with E-state index < -0.39 is 11.7 Å². The van der Waals surface area contributed by atoms with Crippen molar-refractivity contribution in [1.82, 2.24) is 5.32 Å². The first-order valence-electron chi connectivity index (χ1n) is 5.99. The SMILES string of the molecule is NC(=O)c1cccc(CNC(=O)c2cccc(F)c2)c1. The molecule has 0 aliphatic carbocycles. The predicted octanol–water partition coefficient (Wildman–Crippen LogP) is 1.85. The van der Waals surface area contributed by atoms with E-state index in [0.717, 1.165) is 11.6 Å². The maximum Gasteiger partial charge on any atom is 0.251 e. The molecule has 5 heteroatoms. The smallest absolute Gasteiger partial charge is 0.251 e. The monoisotopic (exact) mass is 272 g/mol. The first kappa shape index (κ1) is 13.7. The van der Waals surface area contributed by atoms with E-state index in [1.807, 2.05) is 0 Å². The number of amides is 2. The maximum atomic E-state index is 13.0. The second-order valence-corrected chi connectivity index (χ2v) is 4.26. The van der Waals surface area contributed by atoms with E-state index in [9.17, 15) is 14.0 Å². The molecule has 2 rings (SSSR count). The summed E-state index contributed by atoms with van der Waals surface area (Å²) in [5.41, 5.74) is 6.54. The van der Waals surface area contributed by atoms with Gasteiger partial charge in [0.1, 0.15) is 5.82 Å². The van der Waals surface area contributed by atoms with Crippen molar-refractivity contribution in [3.05, 3.63) is 71.0 Å². The van der Waals surface area contributed by atoms with Gasteiger partial charge in [0, 0.05) is 17.7 Å². The number of benzene rings is 2. The first-order valence-corrected chi connectivity index (χ1v) is 5.99. The van der Waals surface area contributed by atoms with Gasteiger partial charge in [-0.15, -0.1) is 0 Å². The van der Waals surface area contributed by atoms with Crippen molar-refractivity contribution in [3.63, 3.8) is 0 Å². The lowest BCUT2D eigenvalue weighted by Gasteiger charge is -2.06. The van der Waals surface area contributed by atoms with E-state index in [2.05, 4.69) is 5.32 Å². The molecule has 0 spiro atoms. The molecule has 2 aromatic carbocycles. The summed E-state index contributed by atoms with van der Waals surface area (Å²) in [7, 11) is 0. The average molecular weight is 272 g/mol. The molecule has 0 fully saturated rings. The Bertz CT molecular complexity index is 656. The third-order valence-electron chi connectivity index (χ3n) is 2.75. The van der Waals surface area contributed by atoms with E-state index >= 15 is 0 Å². The third kappa shape index (κ3) is 3.41. The van der Waals surface area contributed by atoms with E-state index in [1.54, 1.807) is 24.3 Å². The molecule has 0 aromatic heterocycles. The summed E-state index contributed by atoms with van der Waals surface area (Å²) in [6.07, 6.45) is 0. The fourth-order valence-corrected chi connectivity index (χ4v) is 1.75. The van der Waals surface area contributed by atoms with Crippen molar-refractivity contribution in [2.24, 2.45) is 5.73 Å². The minimum absolute atomic E-state index is 0.233. The molecule has 2 aromatic rings. The van der Waals surface area contributed by atoms with Gasteiger partial charge in [-0.3, -0.25) is 9.59 Å². The van der Waals surface area contributed by atoms with Crippen molar-refractivity contribution in [2.45, 2.75) is 6.54 Å². The van der Waals surface area contributed by atoms with E-state index in [1.165, 1.54) is 18.2 Å². The van der Waals surface area contributed by atoms with Crippen LogP contribution in [0.15, 0.2) is 48.5 Å². The zero-order chi connectivity index (χ0) is 14.5. The summed E-state index contributed by atoms with van der Waals surface area (Å²) in [4.78, 5) is 22.9. The number of hydrogen-bond donors (Lipinski definition) is 2. The molecule has 20 heavy (non-hydrogen) atoms. The maximum absolute atomic E-state index is 13.0.